The molecule has 0 heterocycles. The van der Waals surface area contributed by atoms with Crippen LogP contribution in [0.4, 0.5) is 0 Å². The van der Waals surface area contributed by atoms with Crippen LogP contribution >= 0.6 is 0 Å². The fraction of sp³-hybridized carbons (Fsp3) is 0.200. The van der Waals surface area contributed by atoms with Gasteiger partial charge in [-0.1, -0.05) is 0 Å². The van der Waals surface area contributed by atoms with Gasteiger partial charge in [-0.3, -0.25) is 4.79 Å². The summed E-state index contributed by atoms with van der Waals surface area (Å²) >= 11 is 0. The predicted octanol–water partition coefficient (Wildman–Crippen LogP) is 0.784. The van der Waals surface area contributed by atoms with Crippen LogP contribution in [0.2, 0.25) is 0 Å². The Hall–Kier alpha value is -2.04. The minimum Gasteiger partial charge on any atom is -0.497 e. The maximum atomic E-state index is 9.97. The average Bonchev–Trinajstić information content (AvgIpc) is 2.29. The van der Waals surface area contributed by atoms with Crippen LogP contribution in [-0.2, 0) is 4.79 Å². The summed E-state index contributed by atoms with van der Waals surface area (Å²) in [5, 5.41) is 3.66. The lowest BCUT2D eigenvalue weighted by Crippen LogP contribution is -2.01. The van der Waals surface area contributed by atoms with Crippen molar-refractivity contribution in [2.45, 2.75) is 0 Å². The Bertz CT molecular complexity index is 364. The van der Waals surface area contributed by atoms with Crippen molar-refractivity contribution >= 4 is 12.6 Å². The van der Waals surface area contributed by atoms with E-state index in [0.717, 1.165) is 5.56 Å². The molecule has 0 spiro atoms. The molecule has 0 radical (unpaired) electrons. The highest BCUT2D eigenvalue weighted by Gasteiger charge is 2.01. The standard InChI is InChI=1S/C10H12N2O3/c1-14-9-4-3-8(6-11-12-7-13)10(5-9)15-2/h3-7H,1-2H3,(H,12,13)/b11-6+. The first-order valence-corrected chi connectivity index (χ1v) is 4.26. The normalized spacial score (nSPS) is 10.0. The third-order valence-corrected chi connectivity index (χ3v) is 1.77. The quantitative estimate of drug-likeness (QED) is 0.442. The fourth-order valence-electron chi connectivity index (χ4n) is 1.06. The number of methoxy groups -OCH3 is 2. The zero-order chi connectivity index (χ0) is 11.1. The van der Waals surface area contributed by atoms with Gasteiger partial charge in [0.2, 0.25) is 6.41 Å². The summed E-state index contributed by atoms with van der Waals surface area (Å²) in [7, 11) is 3.13. The predicted molar refractivity (Wildman–Crippen MR) is 56.3 cm³/mol. The average molecular weight is 208 g/mol. The molecule has 1 amide bonds. The molecule has 5 heteroatoms. The van der Waals surface area contributed by atoms with Gasteiger partial charge >= 0.3 is 0 Å². The number of nitrogens with zero attached hydrogens (tertiary/aromatic N) is 1. The summed E-state index contributed by atoms with van der Waals surface area (Å²) in [6, 6.07) is 5.31. The van der Waals surface area contributed by atoms with Crippen molar-refractivity contribution in [2.24, 2.45) is 5.10 Å². The Morgan fingerprint density at radius 3 is 2.73 bits per heavy atom. The second-order valence-corrected chi connectivity index (χ2v) is 2.61. The number of rotatable bonds is 5. The first-order valence-electron chi connectivity index (χ1n) is 4.26. The summed E-state index contributed by atoms with van der Waals surface area (Å²) in [6.45, 7) is 0. The molecule has 1 N–H and O–H groups in total. The van der Waals surface area contributed by atoms with E-state index < -0.39 is 0 Å². The molecule has 0 aliphatic carbocycles. The fourth-order valence-corrected chi connectivity index (χ4v) is 1.06. The molecular weight excluding hydrogens is 196 g/mol. The van der Waals surface area contributed by atoms with Gasteiger partial charge in [-0.25, -0.2) is 5.43 Å². The maximum Gasteiger partial charge on any atom is 0.227 e. The van der Waals surface area contributed by atoms with Gasteiger partial charge in [-0.05, 0) is 12.1 Å². The van der Waals surface area contributed by atoms with Crippen LogP contribution in [0.3, 0.4) is 0 Å². The topological polar surface area (TPSA) is 59.9 Å². The van der Waals surface area contributed by atoms with Crippen molar-refractivity contribution in [2.75, 3.05) is 14.2 Å². The van der Waals surface area contributed by atoms with Gasteiger partial charge in [0, 0.05) is 11.6 Å². The monoisotopic (exact) mass is 208 g/mol. The minimum atomic E-state index is 0.493. The highest BCUT2D eigenvalue weighted by Crippen LogP contribution is 2.22. The van der Waals surface area contributed by atoms with Crippen molar-refractivity contribution in [3.63, 3.8) is 0 Å². The van der Waals surface area contributed by atoms with Crippen LogP contribution in [-0.4, -0.2) is 26.8 Å². The minimum absolute atomic E-state index is 0.493. The lowest BCUT2D eigenvalue weighted by molar-refractivity contribution is -0.109. The number of carbonyl (C=O) groups excluding carboxylic acids is 1. The molecule has 80 valence electrons. The van der Waals surface area contributed by atoms with E-state index >= 15 is 0 Å². The first-order chi connectivity index (χ1) is 7.31. The van der Waals surface area contributed by atoms with E-state index in [4.69, 9.17) is 9.47 Å². The summed E-state index contributed by atoms with van der Waals surface area (Å²) in [5.41, 5.74) is 2.94. The number of ether oxygens (including phenoxy) is 2. The van der Waals surface area contributed by atoms with E-state index in [9.17, 15) is 4.79 Å². The molecule has 0 aliphatic heterocycles. The van der Waals surface area contributed by atoms with Gasteiger partial charge in [0.25, 0.3) is 0 Å². The Morgan fingerprint density at radius 2 is 2.13 bits per heavy atom. The van der Waals surface area contributed by atoms with Crippen molar-refractivity contribution in [1.82, 2.24) is 5.43 Å². The van der Waals surface area contributed by atoms with Gasteiger partial charge < -0.3 is 9.47 Å². The number of hydrazone groups is 1. The number of amides is 1. The van der Waals surface area contributed by atoms with E-state index in [1.54, 1.807) is 32.4 Å². The Kier molecular flexibility index (Phi) is 4.15. The molecule has 0 atom stereocenters. The largest absolute Gasteiger partial charge is 0.497 e. The molecule has 0 unspecified atom stereocenters. The number of hydrogen-bond donors (Lipinski definition) is 1. The van der Waals surface area contributed by atoms with Crippen molar-refractivity contribution in [3.05, 3.63) is 23.8 Å². The van der Waals surface area contributed by atoms with Crippen LogP contribution in [0.5, 0.6) is 11.5 Å². The molecule has 15 heavy (non-hydrogen) atoms. The van der Waals surface area contributed by atoms with Crippen LogP contribution in [0.1, 0.15) is 5.56 Å². The zero-order valence-electron chi connectivity index (χ0n) is 8.56. The highest BCUT2D eigenvalue weighted by molar-refractivity contribution is 5.84. The highest BCUT2D eigenvalue weighted by atomic mass is 16.5. The molecule has 0 aliphatic rings. The number of carbonyl (C=O) groups is 1. The Labute approximate surface area is 87.7 Å². The number of nitrogens with one attached hydrogen (secondary N) is 1. The van der Waals surface area contributed by atoms with Gasteiger partial charge in [0.1, 0.15) is 11.5 Å². The van der Waals surface area contributed by atoms with Crippen molar-refractivity contribution in [1.29, 1.82) is 0 Å². The SMILES string of the molecule is COc1ccc(/C=N/NC=O)c(OC)c1. The van der Waals surface area contributed by atoms with E-state index in [1.807, 2.05) is 0 Å². The second-order valence-electron chi connectivity index (χ2n) is 2.61. The molecule has 0 fully saturated rings. The van der Waals surface area contributed by atoms with Crippen LogP contribution in [0.25, 0.3) is 0 Å². The Morgan fingerprint density at radius 1 is 1.33 bits per heavy atom. The van der Waals surface area contributed by atoms with Gasteiger partial charge in [0.05, 0.1) is 20.4 Å². The molecule has 0 saturated carbocycles. The smallest absolute Gasteiger partial charge is 0.227 e. The second kappa shape index (κ2) is 5.64. The molecule has 0 bridgehead atoms. The van der Waals surface area contributed by atoms with E-state index in [-0.39, 0.29) is 0 Å². The third-order valence-electron chi connectivity index (χ3n) is 1.77. The van der Waals surface area contributed by atoms with Crippen molar-refractivity contribution in [3.8, 4) is 11.5 Å². The first kappa shape index (κ1) is 11.0. The third kappa shape index (κ3) is 2.98. The molecule has 1 aromatic rings. The Balaban J connectivity index is 2.91. The summed E-state index contributed by atoms with van der Waals surface area (Å²) in [6.07, 6.45) is 1.99. The van der Waals surface area contributed by atoms with Crippen LogP contribution in [0.15, 0.2) is 23.3 Å². The number of benzene rings is 1. The molecule has 1 rings (SSSR count). The van der Waals surface area contributed by atoms with Crippen LogP contribution in [0, 0.1) is 0 Å². The molecule has 0 aromatic heterocycles. The van der Waals surface area contributed by atoms with Gasteiger partial charge in [0.15, 0.2) is 0 Å². The number of hydrogen-bond acceptors (Lipinski definition) is 4. The lowest BCUT2D eigenvalue weighted by Gasteiger charge is -2.06. The lowest BCUT2D eigenvalue weighted by atomic mass is 10.2. The van der Waals surface area contributed by atoms with Gasteiger partial charge in [-0.15, -0.1) is 0 Å². The summed E-state index contributed by atoms with van der Waals surface area (Å²) in [5.74, 6) is 1.33. The van der Waals surface area contributed by atoms with E-state index in [0.29, 0.717) is 17.9 Å². The summed E-state index contributed by atoms with van der Waals surface area (Å²) in [4.78, 5) is 9.97. The van der Waals surface area contributed by atoms with E-state index in [1.165, 1.54) is 6.21 Å². The van der Waals surface area contributed by atoms with Crippen molar-refractivity contribution < 1.29 is 14.3 Å². The van der Waals surface area contributed by atoms with Crippen LogP contribution < -0.4 is 14.9 Å². The molecule has 1 aromatic carbocycles. The summed E-state index contributed by atoms with van der Waals surface area (Å²) < 4.78 is 10.2. The molecule has 5 nitrogen and oxygen atoms in total. The molecular formula is C10H12N2O3. The van der Waals surface area contributed by atoms with E-state index in [2.05, 4.69) is 10.5 Å². The van der Waals surface area contributed by atoms with Gasteiger partial charge in [-0.2, -0.15) is 5.10 Å². The zero-order valence-corrected chi connectivity index (χ0v) is 8.56. The molecule has 0 saturated heterocycles. The maximum absolute atomic E-state index is 9.97.